The summed E-state index contributed by atoms with van der Waals surface area (Å²) in [4.78, 5) is 16.4. The van der Waals surface area contributed by atoms with Crippen molar-refractivity contribution in [3.05, 3.63) is 0 Å². The van der Waals surface area contributed by atoms with Gasteiger partial charge in [0.05, 0.1) is 25.7 Å². The number of rotatable bonds is 7. The third-order valence-corrected chi connectivity index (χ3v) is 2.57. The molecule has 0 spiro atoms. The van der Waals surface area contributed by atoms with E-state index in [4.69, 9.17) is 9.57 Å². The average Bonchev–Trinajstić information content (AvgIpc) is 2.30. The summed E-state index contributed by atoms with van der Waals surface area (Å²) >= 11 is 0. The first-order chi connectivity index (χ1) is 8.18. The van der Waals surface area contributed by atoms with Gasteiger partial charge in [-0.2, -0.15) is 0 Å². The average molecular weight is 244 g/mol. The Morgan fingerprint density at radius 3 is 2.76 bits per heavy atom. The van der Waals surface area contributed by atoms with Crippen molar-refractivity contribution in [2.45, 2.75) is 39.2 Å². The summed E-state index contributed by atoms with van der Waals surface area (Å²) in [5, 5.41) is 3.27. The second-order valence-electron chi connectivity index (χ2n) is 4.80. The molecule has 100 valence electrons. The van der Waals surface area contributed by atoms with Crippen LogP contribution in [0.25, 0.3) is 0 Å². The van der Waals surface area contributed by atoms with E-state index in [2.05, 4.69) is 10.8 Å². The van der Waals surface area contributed by atoms with E-state index >= 15 is 0 Å². The van der Waals surface area contributed by atoms with Crippen LogP contribution in [0.15, 0.2) is 0 Å². The fourth-order valence-electron chi connectivity index (χ4n) is 1.62. The summed E-state index contributed by atoms with van der Waals surface area (Å²) in [5.74, 6) is 0.306. The van der Waals surface area contributed by atoms with E-state index in [1.165, 1.54) is 0 Å². The molecule has 1 saturated heterocycles. The normalized spacial score (nSPS) is 17.4. The molecule has 17 heavy (non-hydrogen) atoms. The maximum atomic E-state index is 11.3. The third-order valence-electron chi connectivity index (χ3n) is 2.57. The quantitative estimate of drug-likeness (QED) is 0.652. The highest BCUT2D eigenvalue weighted by Crippen LogP contribution is 2.07. The molecule has 1 rings (SSSR count). The lowest BCUT2D eigenvalue weighted by atomic mass is 10.1. The van der Waals surface area contributed by atoms with Crippen molar-refractivity contribution < 1.29 is 14.4 Å². The van der Waals surface area contributed by atoms with Gasteiger partial charge < -0.3 is 10.1 Å². The molecule has 0 saturated carbocycles. The van der Waals surface area contributed by atoms with Crippen molar-refractivity contribution >= 4 is 5.91 Å². The first-order valence-electron chi connectivity index (χ1n) is 6.41. The molecule has 0 bridgehead atoms. The Balaban J connectivity index is 1.95. The molecule has 5 heteroatoms. The molecule has 1 heterocycles. The monoisotopic (exact) mass is 244 g/mol. The van der Waals surface area contributed by atoms with Gasteiger partial charge in [0, 0.05) is 0 Å². The number of amides is 1. The summed E-state index contributed by atoms with van der Waals surface area (Å²) in [5.41, 5.74) is 2.42. The van der Waals surface area contributed by atoms with Gasteiger partial charge in [-0.1, -0.05) is 13.8 Å². The molecule has 0 aromatic heterocycles. The molecule has 1 aliphatic rings. The summed E-state index contributed by atoms with van der Waals surface area (Å²) in [6.07, 6.45) is 2.74. The Labute approximate surface area is 103 Å². The van der Waals surface area contributed by atoms with Crippen molar-refractivity contribution in [1.82, 2.24) is 10.8 Å². The predicted molar refractivity (Wildman–Crippen MR) is 65.4 cm³/mol. The number of hydrogen-bond donors (Lipinski definition) is 2. The van der Waals surface area contributed by atoms with Crippen LogP contribution >= 0.6 is 0 Å². The summed E-state index contributed by atoms with van der Waals surface area (Å²) in [6, 6.07) is 0. The molecule has 0 aliphatic carbocycles. The fraction of sp³-hybridized carbons (Fsp3) is 0.917. The Morgan fingerprint density at radius 1 is 1.41 bits per heavy atom. The zero-order chi connectivity index (χ0) is 12.5. The zero-order valence-electron chi connectivity index (χ0n) is 10.8. The molecule has 0 aromatic carbocycles. The van der Waals surface area contributed by atoms with Crippen molar-refractivity contribution in [3.63, 3.8) is 0 Å². The lowest BCUT2D eigenvalue weighted by molar-refractivity contribution is -0.136. The molecular weight excluding hydrogens is 220 g/mol. The second-order valence-corrected chi connectivity index (χ2v) is 4.80. The van der Waals surface area contributed by atoms with Gasteiger partial charge in [-0.05, 0) is 31.8 Å². The molecule has 5 nitrogen and oxygen atoms in total. The molecule has 0 radical (unpaired) electrons. The zero-order valence-corrected chi connectivity index (χ0v) is 10.8. The number of hydrogen-bond acceptors (Lipinski definition) is 4. The van der Waals surface area contributed by atoms with Gasteiger partial charge in [-0.25, -0.2) is 5.48 Å². The molecule has 0 atom stereocenters. The summed E-state index contributed by atoms with van der Waals surface area (Å²) in [7, 11) is 0. The van der Waals surface area contributed by atoms with E-state index in [0.29, 0.717) is 31.7 Å². The van der Waals surface area contributed by atoms with Crippen LogP contribution in [0.3, 0.4) is 0 Å². The highest BCUT2D eigenvalue weighted by Gasteiger charge is 2.13. The van der Waals surface area contributed by atoms with Gasteiger partial charge >= 0.3 is 0 Å². The Morgan fingerprint density at radius 2 is 2.12 bits per heavy atom. The van der Waals surface area contributed by atoms with Crippen LogP contribution in [0.4, 0.5) is 0 Å². The molecule has 2 N–H and O–H groups in total. The molecule has 0 unspecified atom stereocenters. The van der Waals surface area contributed by atoms with Crippen molar-refractivity contribution in [1.29, 1.82) is 0 Å². The Hall–Kier alpha value is -0.650. The molecule has 1 amide bonds. The van der Waals surface area contributed by atoms with Crippen LogP contribution in [0.1, 0.15) is 33.1 Å². The number of nitrogens with one attached hydrogen (secondary N) is 2. The van der Waals surface area contributed by atoms with Gasteiger partial charge in [0.25, 0.3) is 0 Å². The van der Waals surface area contributed by atoms with E-state index < -0.39 is 0 Å². The van der Waals surface area contributed by atoms with E-state index in [-0.39, 0.29) is 5.91 Å². The third kappa shape index (κ3) is 7.31. The predicted octanol–water partition coefficient (Wildman–Crippen LogP) is 0.849. The SMILES string of the molecule is CC(C)CONC(=O)CCOC1CCNCC1. The fourth-order valence-corrected chi connectivity index (χ4v) is 1.62. The Bertz CT molecular complexity index is 216. The van der Waals surface area contributed by atoms with E-state index in [1.807, 2.05) is 13.8 Å². The first kappa shape index (κ1) is 14.4. The van der Waals surface area contributed by atoms with Gasteiger partial charge in [0.2, 0.25) is 5.91 Å². The lowest BCUT2D eigenvalue weighted by Crippen LogP contribution is -2.33. The van der Waals surface area contributed by atoms with Crippen LogP contribution in [-0.2, 0) is 14.4 Å². The largest absolute Gasteiger partial charge is 0.378 e. The molecule has 1 fully saturated rings. The highest BCUT2D eigenvalue weighted by atomic mass is 16.7. The second kappa shape index (κ2) is 8.44. The summed E-state index contributed by atoms with van der Waals surface area (Å²) in [6.45, 7) is 7.10. The van der Waals surface area contributed by atoms with Crippen molar-refractivity contribution in [2.75, 3.05) is 26.3 Å². The minimum absolute atomic E-state index is 0.111. The number of carbonyl (C=O) groups excluding carboxylic acids is 1. The van der Waals surface area contributed by atoms with Crippen LogP contribution in [0.5, 0.6) is 0 Å². The molecular formula is C12H24N2O3. The molecule has 0 aromatic rings. The minimum Gasteiger partial charge on any atom is -0.378 e. The van der Waals surface area contributed by atoms with Crippen LogP contribution in [0, 0.1) is 5.92 Å². The standard InChI is InChI=1S/C12H24N2O3/c1-10(2)9-17-14-12(15)5-8-16-11-3-6-13-7-4-11/h10-11,13H,3-9H2,1-2H3,(H,14,15). The van der Waals surface area contributed by atoms with Crippen LogP contribution in [-0.4, -0.2) is 38.3 Å². The smallest absolute Gasteiger partial charge is 0.245 e. The maximum absolute atomic E-state index is 11.3. The number of carbonyl (C=O) groups is 1. The van der Waals surface area contributed by atoms with Crippen LogP contribution in [0.2, 0.25) is 0 Å². The van der Waals surface area contributed by atoms with Crippen LogP contribution < -0.4 is 10.8 Å². The highest BCUT2D eigenvalue weighted by molar-refractivity contribution is 5.74. The minimum atomic E-state index is -0.111. The maximum Gasteiger partial charge on any atom is 0.245 e. The van der Waals surface area contributed by atoms with E-state index in [0.717, 1.165) is 25.9 Å². The van der Waals surface area contributed by atoms with Gasteiger partial charge in [-0.15, -0.1) is 0 Å². The number of ether oxygens (including phenoxy) is 1. The van der Waals surface area contributed by atoms with E-state index in [1.54, 1.807) is 0 Å². The van der Waals surface area contributed by atoms with Gasteiger partial charge in [-0.3, -0.25) is 9.63 Å². The first-order valence-corrected chi connectivity index (χ1v) is 6.41. The van der Waals surface area contributed by atoms with Gasteiger partial charge in [0.15, 0.2) is 0 Å². The van der Waals surface area contributed by atoms with E-state index in [9.17, 15) is 4.79 Å². The lowest BCUT2D eigenvalue weighted by Gasteiger charge is -2.22. The summed E-state index contributed by atoms with van der Waals surface area (Å²) < 4.78 is 5.62. The van der Waals surface area contributed by atoms with Gasteiger partial charge in [0.1, 0.15) is 0 Å². The number of hydroxylamine groups is 1. The topological polar surface area (TPSA) is 59.6 Å². The van der Waals surface area contributed by atoms with Crippen molar-refractivity contribution in [3.8, 4) is 0 Å². The molecule has 1 aliphatic heterocycles. The van der Waals surface area contributed by atoms with Crippen molar-refractivity contribution in [2.24, 2.45) is 5.92 Å². The Kier molecular flexibility index (Phi) is 7.16. The number of piperidine rings is 1.